The van der Waals surface area contributed by atoms with Crippen LogP contribution >= 0.6 is 0 Å². The van der Waals surface area contributed by atoms with Crippen molar-refractivity contribution in [1.82, 2.24) is 9.88 Å². The molecule has 0 saturated carbocycles. The fourth-order valence-electron chi connectivity index (χ4n) is 2.00. The summed E-state index contributed by atoms with van der Waals surface area (Å²) in [6, 6.07) is 0.533. The van der Waals surface area contributed by atoms with Crippen LogP contribution in [-0.2, 0) is 14.4 Å². The van der Waals surface area contributed by atoms with Gasteiger partial charge in [-0.1, -0.05) is 0 Å². The van der Waals surface area contributed by atoms with E-state index in [2.05, 4.69) is 4.98 Å². The van der Waals surface area contributed by atoms with Gasteiger partial charge in [0, 0.05) is 6.20 Å². The molecule has 1 amide bonds. The summed E-state index contributed by atoms with van der Waals surface area (Å²) in [5.41, 5.74) is 6.03. The van der Waals surface area contributed by atoms with Crippen molar-refractivity contribution in [3.8, 4) is 6.07 Å². The molecule has 1 aromatic rings. The van der Waals surface area contributed by atoms with Crippen molar-refractivity contribution >= 4 is 17.8 Å². The zero-order valence-corrected chi connectivity index (χ0v) is 11.2. The number of nitrogens with zero attached hydrogens (tertiary/aromatic N) is 2. The van der Waals surface area contributed by atoms with Crippen molar-refractivity contribution in [1.29, 1.82) is 5.26 Å². The molecule has 0 aliphatic carbocycles. The van der Waals surface area contributed by atoms with Crippen LogP contribution in [0.4, 0.5) is 0 Å². The zero-order valence-electron chi connectivity index (χ0n) is 11.2. The number of hydrogen-bond acceptors (Lipinski definition) is 5. The Balaban J connectivity index is 3.30. The number of aromatic amines is 1. The van der Waals surface area contributed by atoms with E-state index in [0.717, 1.165) is 4.90 Å². The van der Waals surface area contributed by atoms with Crippen molar-refractivity contribution < 1.29 is 24.6 Å². The molecule has 1 unspecified atom stereocenters. The summed E-state index contributed by atoms with van der Waals surface area (Å²) in [4.78, 5) is 36.9. The van der Waals surface area contributed by atoms with Gasteiger partial charge in [-0.15, -0.1) is 0 Å². The Morgan fingerprint density at radius 1 is 1.38 bits per heavy atom. The van der Waals surface area contributed by atoms with Crippen LogP contribution in [0.3, 0.4) is 0 Å². The van der Waals surface area contributed by atoms with Crippen LogP contribution < -0.4 is 5.73 Å². The molecule has 0 bridgehead atoms. The van der Waals surface area contributed by atoms with Crippen LogP contribution in [0, 0.1) is 18.3 Å². The number of primary amides is 1. The molecule has 0 saturated heterocycles. The van der Waals surface area contributed by atoms with Crippen molar-refractivity contribution in [3.63, 3.8) is 0 Å². The lowest BCUT2D eigenvalue weighted by atomic mass is 10.1. The Kier molecular flexibility index (Phi) is 5.04. The van der Waals surface area contributed by atoms with E-state index in [1.54, 1.807) is 6.92 Å². The van der Waals surface area contributed by atoms with Gasteiger partial charge in [0.15, 0.2) is 0 Å². The summed E-state index contributed by atoms with van der Waals surface area (Å²) >= 11 is 0. The Morgan fingerprint density at radius 2 is 1.90 bits per heavy atom. The predicted molar refractivity (Wildman–Crippen MR) is 69.0 cm³/mol. The molecule has 9 heteroatoms. The minimum atomic E-state index is -1.35. The molecule has 0 aliphatic heterocycles. The summed E-state index contributed by atoms with van der Waals surface area (Å²) < 4.78 is 0. The number of aliphatic carboxylic acids is 2. The molecule has 1 heterocycles. The number of hydrogen-bond donors (Lipinski definition) is 4. The molecule has 112 valence electrons. The minimum absolute atomic E-state index is 0.0880. The molecule has 0 spiro atoms. The first-order valence-electron chi connectivity index (χ1n) is 5.82. The fraction of sp³-hybridized carbons (Fsp3) is 0.333. The zero-order chi connectivity index (χ0) is 16.2. The third kappa shape index (κ3) is 3.80. The van der Waals surface area contributed by atoms with Crippen LogP contribution in [0.2, 0.25) is 0 Å². The summed E-state index contributed by atoms with van der Waals surface area (Å²) in [7, 11) is 0. The topological polar surface area (TPSA) is 161 Å². The van der Waals surface area contributed by atoms with Gasteiger partial charge in [-0.3, -0.25) is 19.3 Å². The number of nitriles is 1. The first-order chi connectivity index (χ1) is 9.77. The number of H-pyrrole nitrogens is 1. The van der Waals surface area contributed by atoms with Gasteiger partial charge in [0.05, 0.1) is 24.3 Å². The van der Waals surface area contributed by atoms with Crippen molar-refractivity contribution in [2.24, 2.45) is 5.73 Å². The van der Waals surface area contributed by atoms with E-state index < -0.39 is 37.0 Å². The van der Waals surface area contributed by atoms with E-state index in [1.165, 1.54) is 6.20 Å². The van der Waals surface area contributed by atoms with Crippen LogP contribution in [0.5, 0.6) is 0 Å². The number of aryl methyl sites for hydroxylation is 1. The molecule has 9 nitrogen and oxygen atoms in total. The SMILES string of the molecule is Cc1c[nH]c(C(C(N)=O)N(CC(=O)O)CC(=O)O)c1C#N. The van der Waals surface area contributed by atoms with E-state index in [0.29, 0.717) is 5.56 Å². The lowest BCUT2D eigenvalue weighted by molar-refractivity contribution is -0.144. The number of carboxylic acids is 2. The number of carboxylic acid groups (broad SMARTS) is 2. The van der Waals surface area contributed by atoms with Gasteiger partial charge < -0.3 is 20.9 Å². The molecular weight excluding hydrogens is 280 g/mol. The minimum Gasteiger partial charge on any atom is -0.480 e. The van der Waals surface area contributed by atoms with E-state index in [-0.39, 0.29) is 11.3 Å². The number of aromatic nitrogens is 1. The van der Waals surface area contributed by atoms with Crippen LogP contribution in [0.1, 0.15) is 22.9 Å². The second-order valence-electron chi connectivity index (χ2n) is 4.37. The van der Waals surface area contributed by atoms with E-state index in [4.69, 9.17) is 21.2 Å². The Morgan fingerprint density at radius 3 is 2.29 bits per heavy atom. The quantitative estimate of drug-likeness (QED) is 0.511. The second-order valence-corrected chi connectivity index (χ2v) is 4.37. The predicted octanol–water partition coefficient (Wildman–Crippen LogP) is -0.808. The van der Waals surface area contributed by atoms with E-state index in [1.807, 2.05) is 6.07 Å². The molecule has 0 fully saturated rings. The number of nitrogens with two attached hydrogens (primary N) is 1. The number of nitrogens with one attached hydrogen (secondary N) is 1. The molecule has 0 aromatic carbocycles. The number of carbonyl (C=O) groups excluding carboxylic acids is 1. The Hall–Kier alpha value is -2.86. The number of rotatable bonds is 7. The number of carbonyl (C=O) groups is 3. The average molecular weight is 294 g/mol. The lowest BCUT2D eigenvalue weighted by Gasteiger charge is -2.26. The van der Waals surface area contributed by atoms with E-state index >= 15 is 0 Å². The van der Waals surface area contributed by atoms with Crippen molar-refractivity contribution in [3.05, 3.63) is 23.0 Å². The molecular formula is C12H14N4O5. The molecule has 0 radical (unpaired) electrons. The summed E-state index contributed by atoms with van der Waals surface area (Å²) in [5, 5.41) is 26.8. The van der Waals surface area contributed by atoms with Crippen LogP contribution in [0.15, 0.2) is 6.20 Å². The largest absolute Gasteiger partial charge is 0.480 e. The highest BCUT2D eigenvalue weighted by atomic mass is 16.4. The number of amides is 1. The Labute approximate surface area is 119 Å². The normalized spacial score (nSPS) is 11.9. The maximum absolute atomic E-state index is 11.6. The molecule has 1 rings (SSSR count). The fourth-order valence-corrected chi connectivity index (χ4v) is 2.00. The first kappa shape index (κ1) is 16.2. The third-order valence-corrected chi connectivity index (χ3v) is 2.80. The molecule has 1 aromatic heterocycles. The highest BCUT2D eigenvalue weighted by molar-refractivity contribution is 5.84. The Bertz CT molecular complexity index is 600. The van der Waals surface area contributed by atoms with Crippen LogP contribution in [0.25, 0.3) is 0 Å². The van der Waals surface area contributed by atoms with Crippen LogP contribution in [-0.4, -0.2) is 51.0 Å². The van der Waals surface area contributed by atoms with Gasteiger partial charge in [-0.05, 0) is 12.5 Å². The summed E-state index contributed by atoms with van der Waals surface area (Å²) in [6.07, 6.45) is 1.46. The van der Waals surface area contributed by atoms with Gasteiger partial charge in [-0.2, -0.15) is 5.26 Å². The standard InChI is InChI=1S/C12H14N4O5/c1-6-3-15-10(7(6)2-13)11(12(14)21)16(4-8(17)18)5-9(19)20/h3,11,15H,4-5H2,1H3,(H2,14,21)(H,17,18)(H,19,20). The van der Waals surface area contributed by atoms with Gasteiger partial charge in [0.2, 0.25) is 5.91 Å². The summed E-state index contributed by atoms with van der Waals surface area (Å²) in [5.74, 6) is -3.58. The molecule has 1 atom stereocenters. The molecule has 21 heavy (non-hydrogen) atoms. The molecule has 0 aliphatic rings. The maximum atomic E-state index is 11.6. The smallest absolute Gasteiger partial charge is 0.317 e. The van der Waals surface area contributed by atoms with Gasteiger partial charge in [-0.25, -0.2) is 0 Å². The van der Waals surface area contributed by atoms with Gasteiger partial charge in [0.1, 0.15) is 12.1 Å². The lowest BCUT2D eigenvalue weighted by Crippen LogP contribution is -2.43. The first-order valence-corrected chi connectivity index (χ1v) is 5.82. The monoisotopic (exact) mass is 294 g/mol. The second kappa shape index (κ2) is 6.53. The van der Waals surface area contributed by atoms with E-state index in [9.17, 15) is 14.4 Å². The average Bonchev–Trinajstić information content (AvgIpc) is 2.68. The summed E-state index contributed by atoms with van der Waals surface area (Å²) in [6.45, 7) is 0.209. The third-order valence-electron chi connectivity index (χ3n) is 2.80. The van der Waals surface area contributed by atoms with Gasteiger partial charge in [0.25, 0.3) is 0 Å². The van der Waals surface area contributed by atoms with Gasteiger partial charge >= 0.3 is 11.9 Å². The maximum Gasteiger partial charge on any atom is 0.317 e. The molecule has 5 N–H and O–H groups in total. The van der Waals surface area contributed by atoms with Crippen molar-refractivity contribution in [2.75, 3.05) is 13.1 Å². The highest BCUT2D eigenvalue weighted by Gasteiger charge is 2.32. The van der Waals surface area contributed by atoms with Crippen molar-refractivity contribution in [2.45, 2.75) is 13.0 Å². The highest BCUT2D eigenvalue weighted by Crippen LogP contribution is 2.24.